The second-order valence-electron chi connectivity index (χ2n) is 5.78. The van der Waals surface area contributed by atoms with E-state index in [4.69, 9.17) is 13.9 Å². The van der Waals surface area contributed by atoms with Gasteiger partial charge in [0, 0.05) is 25.8 Å². The fourth-order valence-corrected chi connectivity index (χ4v) is 2.82. The van der Waals surface area contributed by atoms with E-state index in [2.05, 4.69) is 13.8 Å². The summed E-state index contributed by atoms with van der Waals surface area (Å²) in [5.74, 6) is 0.632. The van der Waals surface area contributed by atoms with E-state index in [1.807, 2.05) is 17.9 Å². The van der Waals surface area contributed by atoms with Gasteiger partial charge in [-0.3, -0.25) is 4.79 Å². The quantitative estimate of drug-likeness (QED) is 0.809. The largest absolute Gasteiger partial charge is 0.459 e. The monoisotopic (exact) mass is 295 g/mol. The first-order chi connectivity index (χ1) is 10.1. The minimum absolute atomic E-state index is 0.0447. The lowest BCUT2D eigenvalue weighted by Gasteiger charge is -2.30. The number of hydrogen-bond donors (Lipinski definition) is 0. The summed E-state index contributed by atoms with van der Waals surface area (Å²) in [6.45, 7) is 7.87. The first-order valence-electron chi connectivity index (χ1n) is 7.55. The third kappa shape index (κ3) is 3.47. The first-order valence-corrected chi connectivity index (χ1v) is 7.55. The number of ether oxygens (including phenoxy) is 2. The maximum atomic E-state index is 12.9. The van der Waals surface area contributed by atoms with Crippen LogP contribution in [-0.2, 0) is 9.47 Å². The van der Waals surface area contributed by atoms with Gasteiger partial charge in [-0.25, -0.2) is 0 Å². The van der Waals surface area contributed by atoms with Crippen LogP contribution in [-0.4, -0.2) is 49.8 Å². The van der Waals surface area contributed by atoms with Gasteiger partial charge in [-0.15, -0.1) is 0 Å². The SMILES string of the molecule is COCCN(C(=O)c1occc1C(C)C)[C@H]1CCO[C@H]1C. The van der Waals surface area contributed by atoms with Crippen molar-refractivity contribution in [2.45, 2.75) is 45.3 Å². The zero-order valence-electron chi connectivity index (χ0n) is 13.3. The predicted molar refractivity (Wildman–Crippen MR) is 79.5 cm³/mol. The van der Waals surface area contributed by atoms with Crippen molar-refractivity contribution in [3.05, 3.63) is 23.7 Å². The average Bonchev–Trinajstić information content (AvgIpc) is 3.08. The van der Waals surface area contributed by atoms with Crippen LogP contribution >= 0.6 is 0 Å². The van der Waals surface area contributed by atoms with Crippen molar-refractivity contribution in [3.8, 4) is 0 Å². The van der Waals surface area contributed by atoms with Gasteiger partial charge in [0.25, 0.3) is 5.91 Å². The zero-order chi connectivity index (χ0) is 15.4. The molecule has 2 heterocycles. The van der Waals surface area contributed by atoms with E-state index >= 15 is 0 Å². The highest BCUT2D eigenvalue weighted by Crippen LogP contribution is 2.26. The van der Waals surface area contributed by atoms with Crippen LogP contribution in [0.1, 0.15) is 49.2 Å². The van der Waals surface area contributed by atoms with Gasteiger partial charge >= 0.3 is 0 Å². The van der Waals surface area contributed by atoms with Crippen molar-refractivity contribution in [3.63, 3.8) is 0 Å². The molecule has 0 saturated carbocycles. The van der Waals surface area contributed by atoms with Crippen LogP contribution in [0.25, 0.3) is 0 Å². The Morgan fingerprint density at radius 1 is 1.52 bits per heavy atom. The molecule has 1 saturated heterocycles. The molecular weight excluding hydrogens is 270 g/mol. The predicted octanol–water partition coefficient (Wildman–Crippen LogP) is 2.67. The summed E-state index contributed by atoms with van der Waals surface area (Å²) in [7, 11) is 1.64. The first kappa shape index (κ1) is 16.0. The van der Waals surface area contributed by atoms with Crippen molar-refractivity contribution in [2.75, 3.05) is 26.9 Å². The van der Waals surface area contributed by atoms with Gasteiger partial charge in [0.2, 0.25) is 0 Å². The standard InChI is InChI=1S/C16H25NO4/c1-11(2)13-5-8-21-15(13)16(18)17(7-10-19-4)14-6-9-20-12(14)3/h5,8,11-12,14H,6-7,9-10H2,1-4H3/t12-,14-/m0/s1. The second kappa shape index (κ2) is 7.09. The number of furan rings is 1. The molecule has 5 heteroatoms. The fraction of sp³-hybridized carbons (Fsp3) is 0.688. The van der Waals surface area contributed by atoms with Gasteiger partial charge in [0.1, 0.15) is 0 Å². The van der Waals surface area contributed by atoms with Crippen molar-refractivity contribution in [1.82, 2.24) is 4.90 Å². The molecule has 21 heavy (non-hydrogen) atoms. The molecule has 1 aliphatic rings. The Bertz CT molecular complexity index is 469. The summed E-state index contributed by atoms with van der Waals surface area (Å²) in [5.41, 5.74) is 0.953. The van der Waals surface area contributed by atoms with E-state index in [-0.39, 0.29) is 24.0 Å². The van der Waals surface area contributed by atoms with Crippen LogP contribution in [0, 0.1) is 0 Å². The Hall–Kier alpha value is -1.33. The molecule has 2 atom stereocenters. The zero-order valence-corrected chi connectivity index (χ0v) is 13.3. The van der Waals surface area contributed by atoms with Gasteiger partial charge in [0.15, 0.2) is 5.76 Å². The molecule has 5 nitrogen and oxygen atoms in total. The van der Waals surface area contributed by atoms with E-state index < -0.39 is 0 Å². The van der Waals surface area contributed by atoms with Crippen LogP contribution in [0.3, 0.4) is 0 Å². The molecule has 1 fully saturated rings. The molecule has 1 aromatic rings. The lowest BCUT2D eigenvalue weighted by molar-refractivity contribution is 0.0399. The smallest absolute Gasteiger partial charge is 0.290 e. The van der Waals surface area contributed by atoms with Crippen LogP contribution in [0.15, 0.2) is 16.7 Å². The van der Waals surface area contributed by atoms with E-state index in [1.54, 1.807) is 13.4 Å². The highest BCUT2D eigenvalue weighted by Gasteiger charge is 2.35. The van der Waals surface area contributed by atoms with Crippen LogP contribution in [0.4, 0.5) is 0 Å². The summed E-state index contributed by atoms with van der Waals surface area (Å²) >= 11 is 0. The number of amides is 1. The summed E-state index contributed by atoms with van der Waals surface area (Å²) in [4.78, 5) is 14.7. The fourth-order valence-electron chi connectivity index (χ4n) is 2.82. The molecule has 0 N–H and O–H groups in total. The normalized spacial score (nSPS) is 22.0. The molecule has 0 spiro atoms. The molecule has 1 amide bonds. The highest BCUT2D eigenvalue weighted by atomic mass is 16.5. The van der Waals surface area contributed by atoms with Crippen molar-refractivity contribution < 1.29 is 18.7 Å². The van der Waals surface area contributed by atoms with Crippen LogP contribution in [0.2, 0.25) is 0 Å². The molecule has 1 aliphatic heterocycles. The third-order valence-corrected chi connectivity index (χ3v) is 4.05. The molecule has 0 bridgehead atoms. The summed E-state index contributed by atoms with van der Waals surface area (Å²) in [6.07, 6.45) is 2.49. The van der Waals surface area contributed by atoms with Crippen LogP contribution < -0.4 is 0 Å². The third-order valence-electron chi connectivity index (χ3n) is 4.05. The van der Waals surface area contributed by atoms with E-state index in [1.165, 1.54) is 0 Å². The van der Waals surface area contributed by atoms with Gasteiger partial charge in [-0.1, -0.05) is 13.8 Å². The lowest BCUT2D eigenvalue weighted by atomic mass is 10.0. The Labute approximate surface area is 126 Å². The second-order valence-corrected chi connectivity index (χ2v) is 5.78. The lowest BCUT2D eigenvalue weighted by Crippen LogP contribution is -2.45. The highest BCUT2D eigenvalue weighted by molar-refractivity contribution is 5.93. The van der Waals surface area contributed by atoms with E-state index in [0.29, 0.717) is 25.5 Å². The summed E-state index contributed by atoms with van der Waals surface area (Å²) in [6, 6.07) is 1.96. The van der Waals surface area contributed by atoms with Gasteiger partial charge in [0.05, 0.1) is 25.0 Å². The number of nitrogens with zero attached hydrogens (tertiary/aromatic N) is 1. The molecule has 0 aliphatic carbocycles. The van der Waals surface area contributed by atoms with Gasteiger partial charge in [-0.05, 0) is 25.3 Å². The Morgan fingerprint density at radius 3 is 2.86 bits per heavy atom. The number of carbonyl (C=O) groups excluding carboxylic acids is 1. The topological polar surface area (TPSA) is 51.9 Å². The van der Waals surface area contributed by atoms with Crippen molar-refractivity contribution in [1.29, 1.82) is 0 Å². The molecule has 118 valence electrons. The Morgan fingerprint density at radius 2 is 2.29 bits per heavy atom. The molecule has 0 unspecified atom stereocenters. The number of hydrogen-bond acceptors (Lipinski definition) is 4. The minimum Gasteiger partial charge on any atom is -0.459 e. The van der Waals surface area contributed by atoms with Gasteiger partial charge in [-0.2, -0.15) is 0 Å². The maximum Gasteiger partial charge on any atom is 0.290 e. The van der Waals surface area contributed by atoms with Crippen molar-refractivity contribution >= 4 is 5.91 Å². The summed E-state index contributed by atoms with van der Waals surface area (Å²) in [5, 5.41) is 0. The maximum absolute atomic E-state index is 12.9. The van der Waals surface area contributed by atoms with E-state index in [9.17, 15) is 4.79 Å². The molecule has 0 radical (unpaired) electrons. The van der Waals surface area contributed by atoms with Gasteiger partial charge < -0.3 is 18.8 Å². The summed E-state index contributed by atoms with van der Waals surface area (Å²) < 4.78 is 16.2. The average molecular weight is 295 g/mol. The van der Waals surface area contributed by atoms with Crippen LogP contribution in [0.5, 0.6) is 0 Å². The number of carbonyl (C=O) groups is 1. The number of rotatable bonds is 6. The molecule has 2 rings (SSSR count). The Balaban J connectivity index is 2.23. The molecule has 1 aromatic heterocycles. The molecule has 0 aromatic carbocycles. The van der Waals surface area contributed by atoms with E-state index in [0.717, 1.165) is 12.0 Å². The molecular formula is C16H25NO4. The van der Waals surface area contributed by atoms with Crippen molar-refractivity contribution in [2.24, 2.45) is 0 Å². The minimum atomic E-state index is -0.0666. The number of methoxy groups -OCH3 is 1. The Kier molecular flexibility index (Phi) is 5.42.